The largest absolute Gasteiger partial charge is 0.441 e. The molecule has 0 unspecified atom stereocenters. The van der Waals surface area contributed by atoms with E-state index in [2.05, 4.69) is 11.1 Å². The zero-order valence-corrected chi connectivity index (χ0v) is 14.2. The number of aryl methyl sites for hydroxylation is 1. The topological polar surface area (TPSA) is 70.1 Å². The highest BCUT2D eigenvalue weighted by atomic mass is 35.5. The van der Waals surface area contributed by atoms with Crippen LogP contribution in [-0.4, -0.2) is 28.4 Å². The van der Waals surface area contributed by atoms with Crippen molar-refractivity contribution in [3.05, 3.63) is 41.4 Å². The van der Waals surface area contributed by atoms with Gasteiger partial charge in [0.1, 0.15) is 5.54 Å². The number of halogens is 1. The van der Waals surface area contributed by atoms with Gasteiger partial charge in [0.25, 0.3) is 0 Å². The lowest BCUT2D eigenvalue weighted by molar-refractivity contribution is -0.136. The molecular formula is C18H18ClN3O2. The van der Waals surface area contributed by atoms with Crippen molar-refractivity contribution in [1.82, 2.24) is 9.88 Å². The summed E-state index contributed by atoms with van der Waals surface area (Å²) in [6, 6.07) is 9.65. The number of hydrogen-bond donors (Lipinski definition) is 0. The number of rotatable bonds is 5. The summed E-state index contributed by atoms with van der Waals surface area (Å²) in [4.78, 5) is 18.1. The maximum atomic E-state index is 12.3. The average Bonchev–Trinajstić information content (AvgIpc) is 3.01. The number of hydrogen-bond acceptors (Lipinski definition) is 4. The van der Waals surface area contributed by atoms with Crippen molar-refractivity contribution in [2.45, 2.75) is 37.6 Å². The molecule has 0 spiro atoms. The molecular weight excluding hydrogens is 326 g/mol. The van der Waals surface area contributed by atoms with E-state index in [9.17, 15) is 10.1 Å². The van der Waals surface area contributed by atoms with Gasteiger partial charge in [-0.05, 0) is 31.4 Å². The van der Waals surface area contributed by atoms with Crippen LogP contribution in [0, 0.1) is 11.3 Å². The first-order valence-corrected chi connectivity index (χ1v) is 8.31. The van der Waals surface area contributed by atoms with Gasteiger partial charge in [0, 0.05) is 25.5 Å². The molecule has 124 valence electrons. The number of carbonyl (C=O) groups is 1. The minimum atomic E-state index is -0.615. The van der Waals surface area contributed by atoms with E-state index in [0.29, 0.717) is 23.1 Å². The van der Waals surface area contributed by atoms with Crippen LogP contribution < -0.4 is 0 Å². The van der Waals surface area contributed by atoms with Gasteiger partial charge < -0.3 is 9.32 Å². The molecule has 1 saturated carbocycles. The van der Waals surface area contributed by atoms with Crippen molar-refractivity contribution in [1.29, 1.82) is 5.26 Å². The van der Waals surface area contributed by atoms with Crippen LogP contribution in [-0.2, 0) is 11.2 Å². The van der Waals surface area contributed by atoms with Gasteiger partial charge in [0.15, 0.2) is 11.7 Å². The highest BCUT2D eigenvalue weighted by molar-refractivity contribution is 6.33. The summed E-state index contributed by atoms with van der Waals surface area (Å²) in [7, 11) is 1.70. The van der Waals surface area contributed by atoms with Gasteiger partial charge >= 0.3 is 0 Å². The Hall–Kier alpha value is -2.32. The lowest BCUT2D eigenvalue weighted by Crippen LogP contribution is -2.53. The number of carbonyl (C=O) groups excluding carboxylic acids is 1. The third kappa shape index (κ3) is 3.02. The summed E-state index contributed by atoms with van der Waals surface area (Å²) < 4.78 is 5.70. The minimum Gasteiger partial charge on any atom is -0.441 e. The number of oxazole rings is 1. The molecule has 1 fully saturated rings. The lowest BCUT2D eigenvalue weighted by atomic mass is 9.76. The van der Waals surface area contributed by atoms with Gasteiger partial charge in [-0.25, -0.2) is 4.98 Å². The Morgan fingerprint density at radius 1 is 1.46 bits per heavy atom. The Kier molecular flexibility index (Phi) is 4.59. The van der Waals surface area contributed by atoms with Gasteiger partial charge in [-0.15, -0.1) is 0 Å². The molecule has 0 saturated heterocycles. The summed E-state index contributed by atoms with van der Waals surface area (Å²) in [6.07, 6.45) is 4.78. The molecule has 0 N–H and O–H groups in total. The SMILES string of the molecule is CN(C(=O)CCc1ncc(-c2ccccc2Cl)o1)C1(C#N)CCC1. The van der Waals surface area contributed by atoms with Gasteiger partial charge in [-0.2, -0.15) is 5.26 Å². The molecule has 24 heavy (non-hydrogen) atoms. The highest BCUT2D eigenvalue weighted by Gasteiger charge is 2.43. The van der Waals surface area contributed by atoms with E-state index in [1.165, 1.54) is 0 Å². The first kappa shape index (κ1) is 16.5. The third-order valence-corrected chi connectivity index (χ3v) is 4.98. The fraction of sp³-hybridized carbons (Fsp3) is 0.389. The van der Waals surface area contributed by atoms with Crippen molar-refractivity contribution in [3.63, 3.8) is 0 Å². The van der Waals surface area contributed by atoms with Crippen LogP contribution in [0.2, 0.25) is 5.02 Å². The summed E-state index contributed by atoms with van der Waals surface area (Å²) in [5.41, 5.74) is 0.162. The molecule has 0 atom stereocenters. The van der Waals surface area contributed by atoms with Crippen molar-refractivity contribution in [2.75, 3.05) is 7.05 Å². The fourth-order valence-electron chi connectivity index (χ4n) is 2.87. The Morgan fingerprint density at radius 2 is 2.21 bits per heavy atom. The zero-order chi connectivity index (χ0) is 17.2. The normalized spacial score (nSPS) is 15.4. The van der Waals surface area contributed by atoms with Crippen LogP contribution in [0.15, 0.2) is 34.9 Å². The molecule has 0 radical (unpaired) electrons. The second-order valence-electron chi connectivity index (χ2n) is 6.05. The quantitative estimate of drug-likeness (QED) is 0.827. The first-order valence-electron chi connectivity index (χ1n) is 7.93. The Morgan fingerprint density at radius 3 is 2.83 bits per heavy atom. The van der Waals surface area contributed by atoms with Crippen molar-refractivity contribution in [3.8, 4) is 17.4 Å². The molecule has 1 aliphatic rings. The monoisotopic (exact) mass is 343 g/mol. The number of nitriles is 1. The number of aromatic nitrogens is 1. The smallest absolute Gasteiger partial charge is 0.224 e. The molecule has 1 heterocycles. The number of amides is 1. The van der Waals surface area contributed by atoms with Crippen molar-refractivity contribution >= 4 is 17.5 Å². The number of nitrogens with zero attached hydrogens (tertiary/aromatic N) is 3. The Bertz CT molecular complexity index is 790. The van der Waals surface area contributed by atoms with E-state index in [-0.39, 0.29) is 12.3 Å². The average molecular weight is 344 g/mol. The predicted octanol–water partition coefficient (Wildman–Crippen LogP) is 3.83. The molecule has 1 aliphatic carbocycles. The van der Waals surface area contributed by atoms with E-state index in [4.69, 9.17) is 16.0 Å². The van der Waals surface area contributed by atoms with Crippen LogP contribution >= 0.6 is 11.6 Å². The first-order chi connectivity index (χ1) is 11.6. The fourth-order valence-corrected chi connectivity index (χ4v) is 3.09. The van der Waals surface area contributed by atoms with E-state index in [0.717, 1.165) is 24.8 Å². The van der Waals surface area contributed by atoms with Crippen molar-refractivity contribution in [2.24, 2.45) is 0 Å². The van der Waals surface area contributed by atoms with E-state index >= 15 is 0 Å². The van der Waals surface area contributed by atoms with Crippen LogP contribution in [0.1, 0.15) is 31.6 Å². The molecule has 6 heteroatoms. The number of benzene rings is 1. The molecule has 0 aliphatic heterocycles. The van der Waals surface area contributed by atoms with Crippen molar-refractivity contribution < 1.29 is 9.21 Å². The van der Waals surface area contributed by atoms with E-state index in [1.54, 1.807) is 24.2 Å². The Balaban J connectivity index is 1.63. The zero-order valence-electron chi connectivity index (χ0n) is 13.5. The van der Waals surface area contributed by atoms with Gasteiger partial charge in [-0.1, -0.05) is 23.7 Å². The van der Waals surface area contributed by atoms with Crippen LogP contribution in [0.5, 0.6) is 0 Å². The Labute approximate surface area is 145 Å². The molecule has 0 bridgehead atoms. The van der Waals surface area contributed by atoms with Gasteiger partial charge in [0.05, 0.1) is 17.3 Å². The minimum absolute atomic E-state index is 0.0613. The van der Waals surface area contributed by atoms with Gasteiger partial charge in [-0.3, -0.25) is 4.79 Å². The molecule has 1 aromatic carbocycles. The summed E-state index contributed by atoms with van der Waals surface area (Å²) >= 11 is 6.15. The van der Waals surface area contributed by atoms with Gasteiger partial charge in [0.2, 0.25) is 5.91 Å². The van der Waals surface area contributed by atoms with E-state index < -0.39 is 5.54 Å². The van der Waals surface area contributed by atoms with Crippen LogP contribution in [0.25, 0.3) is 11.3 Å². The molecule has 1 aromatic heterocycles. The summed E-state index contributed by atoms with van der Waals surface area (Å²) in [5, 5.41) is 9.90. The lowest BCUT2D eigenvalue weighted by Gasteiger charge is -2.42. The maximum Gasteiger partial charge on any atom is 0.224 e. The third-order valence-electron chi connectivity index (χ3n) is 4.65. The molecule has 3 rings (SSSR count). The highest BCUT2D eigenvalue weighted by Crippen LogP contribution is 2.36. The standard InChI is InChI=1S/C18H18ClN3O2/c1-22(18(12-20)9-4-10-18)17(23)8-7-16-21-11-15(24-16)13-5-2-3-6-14(13)19/h2-3,5-6,11H,4,7-10H2,1H3. The molecule has 1 amide bonds. The predicted molar refractivity (Wildman–Crippen MR) is 90.2 cm³/mol. The molecule has 5 nitrogen and oxygen atoms in total. The summed E-state index contributed by atoms with van der Waals surface area (Å²) in [6.45, 7) is 0. The summed E-state index contributed by atoms with van der Waals surface area (Å²) in [5.74, 6) is 1.02. The van der Waals surface area contributed by atoms with E-state index in [1.807, 2.05) is 18.2 Å². The second-order valence-corrected chi connectivity index (χ2v) is 6.45. The van der Waals surface area contributed by atoms with Crippen LogP contribution in [0.3, 0.4) is 0 Å². The van der Waals surface area contributed by atoms with Crippen LogP contribution in [0.4, 0.5) is 0 Å². The maximum absolute atomic E-state index is 12.3. The molecule has 2 aromatic rings. The second kappa shape index (κ2) is 6.66.